The highest BCUT2D eigenvalue weighted by Gasteiger charge is 2.19. The van der Waals surface area contributed by atoms with Gasteiger partial charge >= 0.3 is 0 Å². The Kier molecular flexibility index (Phi) is 8.41. The van der Waals surface area contributed by atoms with E-state index in [0.717, 1.165) is 81.3 Å². The van der Waals surface area contributed by atoms with Crippen molar-refractivity contribution in [1.82, 2.24) is 24.7 Å². The summed E-state index contributed by atoms with van der Waals surface area (Å²) in [6, 6.07) is 27.9. The number of fused-ring (bicyclic) bond motifs is 1. The van der Waals surface area contributed by atoms with E-state index in [1.54, 1.807) is 0 Å². The minimum Gasteiger partial charge on any atom is -0.369 e. The van der Waals surface area contributed by atoms with Crippen molar-refractivity contribution in [3.8, 4) is 11.1 Å². The van der Waals surface area contributed by atoms with E-state index in [-0.39, 0.29) is 0 Å². The van der Waals surface area contributed by atoms with Crippen LogP contribution in [-0.4, -0.2) is 78.0 Å². The molecule has 5 rings (SSSR count). The lowest BCUT2D eigenvalue weighted by molar-refractivity contribution is 0.120. The zero-order valence-corrected chi connectivity index (χ0v) is 22.1. The van der Waals surface area contributed by atoms with E-state index in [0.29, 0.717) is 0 Å². The normalized spacial score (nSPS) is 14.9. The van der Waals surface area contributed by atoms with Crippen LogP contribution in [0.25, 0.3) is 22.0 Å². The molecule has 2 heterocycles. The SMILES string of the molecule is CN(C)CCCNc1nc(CN2CCN(Cc3cccc(-c4ccccc4)c3)CC2)nc2ccccc12. The maximum Gasteiger partial charge on any atom is 0.145 e. The molecule has 1 N–H and O–H groups in total. The molecule has 1 fully saturated rings. The van der Waals surface area contributed by atoms with Crippen LogP contribution in [0.4, 0.5) is 5.82 Å². The van der Waals surface area contributed by atoms with Gasteiger partial charge in [-0.15, -0.1) is 0 Å². The van der Waals surface area contributed by atoms with E-state index in [1.165, 1.54) is 16.7 Å². The van der Waals surface area contributed by atoms with Gasteiger partial charge < -0.3 is 10.2 Å². The summed E-state index contributed by atoms with van der Waals surface area (Å²) < 4.78 is 0. The molecule has 1 saturated heterocycles. The number of para-hydroxylation sites is 1. The van der Waals surface area contributed by atoms with Gasteiger partial charge in [-0.25, -0.2) is 9.97 Å². The number of nitrogens with one attached hydrogen (secondary N) is 1. The molecule has 0 spiro atoms. The molecule has 192 valence electrons. The molecule has 0 amide bonds. The summed E-state index contributed by atoms with van der Waals surface area (Å²) in [5.74, 6) is 1.86. The molecular formula is C31H38N6. The van der Waals surface area contributed by atoms with Crippen LogP contribution in [0, 0.1) is 0 Å². The largest absolute Gasteiger partial charge is 0.369 e. The topological polar surface area (TPSA) is 47.5 Å². The third kappa shape index (κ3) is 6.92. The summed E-state index contributed by atoms with van der Waals surface area (Å²) in [5.41, 5.74) is 4.95. The first-order valence-corrected chi connectivity index (χ1v) is 13.4. The van der Waals surface area contributed by atoms with Gasteiger partial charge in [-0.2, -0.15) is 0 Å². The van der Waals surface area contributed by atoms with Crippen LogP contribution in [0.3, 0.4) is 0 Å². The van der Waals surface area contributed by atoms with Crippen molar-refractivity contribution in [1.29, 1.82) is 0 Å². The van der Waals surface area contributed by atoms with Crippen molar-refractivity contribution in [2.45, 2.75) is 19.5 Å². The van der Waals surface area contributed by atoms with Crippen molar-refractivity contribution in [3.63, 3.8) is 0 Å². The molecule has 3 aromatic carbocycles. The molecule has 0 aliphatic carbocycles. The van der Waals surface area contributed by atoms with Crippen molar-refractivity contribution in [2.75, 3.05) is 58.7 Å². The van der Waals surface area contributed by atoms with Crippen LogP contribution < -0.4 is 5.32 Å². The average molecular weight is 495 g/mol. The Hall–Kier alpha value is -3.32. The summed E-state index contributed by atoms with van der Waals surface area (Å²) in [4.78, 5) is 17.1. The second-order valence-corrected chi connectivity index (χ2v) is 10.2. The second kappa shape index (κ2) is 12.3. The Bertz CT molecular complexity index is 1280. The van der Waals surface area contributed by atoms with Crippen molar-refractivity contribution in [3.05, 3.63) is 90.3 Å². The molecule has 37 heavy (non-hydrogen) atoms. The van der Waals surface area contributed by atoms with Gasteiger partial charge in [0.1, 0.15) is 11.6 Å². The molecular weight excluding hydrogens is 456 g/mol. The Morgan fingerprint density at radius 1 is 0.757 bits per heavy atom. The maximum absolute atomic E-state index is 4.95. The number of hydrogen-bond acceptors (Lipinski definition) is 6. The van der Waals surface area contributed by atoms with E-state index in [4.69, 9.17) is 9.97 Å². The first-order chi connectivity index (χ1) is 18.1. The number of rotatable bonds is 10. The summed E-state index contributed by atoms with van der Waals surface area (Å²) in [6.45, 7) is 7.90. The zero-order chi connectivity index (χ0) is 25.5. The van der Waals surface area contributed by atoms with Crippen LogP contribution in [0.1, 0.15) is 17.8 Å². The Morgan fingerprint density at radius 2 is 1.46 bits per heavy atom. The van der Waals surface area contributed by atoms with Gasteiger partial charge in [0, 0.05) is 44.7 Å². The highest BCUT2D eigenvalue weighted by Crippen LogP contribution is 2.23. The number of anilines is 1. The summed E-state index contributed by atoms with van der Waals surface area (Å²) >= 11 is 0. The summed E-state index contributed by atoms with van der Waals surface area (Å²) in [6.07, 6.45) is 1.08. The van der Waals surface area contributed by atoms with Crippen molar-refractivity contribution < 1.29 is 0 Å². The minimum absolute atomic E-state index is 0.786. The molecule has 1 aromatic heterocycles. The lowest BCUT2D eigenvalue weighted by Crippen LogP contribution is -2.45. The fraction of sp³-hybridized carbons (Fsp3) is 0.355. The number of hydrogen-bond donors (Lipinski definition) is 1. The quantitative estimate of drug-likeness (QED) is 0.314. The van der Waals surface area contributed by atoms with E-state index in [1.807, 2.05) is 0 Å². The standard InChI is InChI=1S/C31H38N6/c1-35(2)17-9-16-32-31-28-14-6-7-15-29(28)33-30(34-31)24-37-20-18-36(19-21-37)23-25-10-8-13-27(22-25)26-11-4-3-5-12-26/h3-8,10-15,22H,9,16-21,23-24H2,1-2H3,(H,32,33,34). The van der Waals surface area contributed by atoms with E-state index >= 15 is 0 Å². The monoisotopic (exact) mass is 494 g/mol. The smallest absolute Gasteiger partial charge is 0.145 e. The number of aromatic nitrogens is 2. The molecule has 1 aliphatic rings. The molecule has 6 nitrogen and oxygen atoms in total. The fourth-order valence-electron chi connectivity index (χ4n) is 4.98. The predicted octanol–water partition coefficient (Wildman–Crippen LogP) is 4.98. The zero-order valence-electron chi connectivity index (χ0n) is 22.1. The van der Waals surface area contributed by atoms with Gasteiger partial charge in [0.05, 0.1) is 12.1 Å². The lowest BCUT2D eigenvalue weighted by Gasteiger charge is -2.34. The molecule has 4 aromatic rings. The number of piperazine rings is 1. The van der Waals surface area contributed by atoms with Crippen molar-refractivity contribution >= 4 is 16.7 Å². The first kappa shape index (κ1) is 25.3. The van der Waals surface area contributed by atoms with Crippen LogP contribution in [0.2, 0.25) is 0 Å². The summed E-state index contributed by atoms with van der Waals surface area (Å²) in [5, 5.41) is 4.66. The number of nitrogens with zero attached hydrogens (tertiary/aromatic N) is 5. The Labute approximate surface area is 221 Å². The van der Waals surface area contributed by atoms with Crippen LogP contribution in [0.15, 0.2) is 78.9 Å². The molecule has 0 bridgehead atoms. The molecule has 0 unspecified atom stereocenters. The fourth-order valence-corrected chi connectivity index (χ4v) is 4.98. The van der Waals surface area contributed by atoms with Crippen LogP contribution in [-0.2, 0) is 13.1 Å². The predicted molar refractivity (Wildman–Crippen MR) is 154 cm³/mol. The van der Waals surface area contributed by atoms with Crippen LogP contribution in [0.5, 0.6) is 0 Å². The Balaban J connectivity index is 1.18. The summed E-state index contributed by atoms with van der Waals surface area (Å²) in [7, 11) is 4.22. The van der Waals surface area contributed by atoms with Gasteiger partial charge in [0.25, 0.3) is 0 Å². The minimum atomic E-state index is 0.786. The third-order valence-electron chi connectivity index (χ3n) is 6.99. The van der Waals surface area contributed by atoms with Gasteiger partial charge in [-0.3, -0.25) is 9.80 Å². The molecule has 0 radical (unpaired) electrons. The third-order valence-corrected chi connectivity index (χ3v) is 6.99. The van der Waals surface area contributed by atoms with Gasteiger partial charge in [0.2, 0.25) is 0 Å². The lowest BCUT2D eigenvalue weighted by atomic mass is 10.0. The van der Waals surface area contributed by atoms with Gasteiger partial charge in [0.15, 0.2) is 0 Å². The van der Waals surface area contributed by atoms with Crippen molar-refractivity contribution in [2.24, 2.45) is 0 Å². The Morgan fingerprint density at radius 3 is 2.24 bits per heavy atom. The van der Waals surface area contributed by atoms with E-state index < -0.39 is 0 Å². The van der Waals surface area contributed by atoms with E-state index in [9.17, 15) is 0 Å². The van der Waals surface area contributed by atoms with Gasteiger partial charge in [-0.05, 0) is 62.0 Å². The maximum atomic E-state index is 4.95. The highest BCUT2D eigenvalue weighted by molar-refractivity contribution is 5.88. The second-order valence-electron chi connectivity index (χ2n) is 10.2. The highest BCUT2D eigenvalue weighted by atomic mass is 15.3. The first-order valence-electron chi connectivity index (χ1n) is 13.4. The molecule has 1 aliphatic heterocycles. The molecule has 6 heteroatoms. The van der Waals surface area contributed by atoms with E-state index in [2.05, 4.69) is 113 Å². The number of benzene rings is 3. The van der Waals surface area contributed by atoms with Gasteiger partial charge in [-0.1, -0.05) is 60.7 Å². The average Bonchev–Trinajstić information content (AvgIpc) is 2.93. The molecule has 0 atom stereocenters. The van der Waals surface area contributed by atoms with Crippen LogP contribution >= 0.6 is 0 Å². The molecule has 0 saturated carbocycles.